The second kappa shape index (κ2) is 5.09. The van der Waals surface area contributed by atoms with Crippen LogP contribution in [-0.4, -0.2) is 33.9 Å². The molecular formula is C7H8O5. The molecule has 0 rings (SSSR count). The van der Waals surface area contributed by atoms with E-state index in [1.54, 1.807) is 0 Å². The zero-order valence-electron chi connectivity index (χ0n) is 6.10. The number of carbonyl (C=O) groups is 2. The van der Waals surface area contributed by atoms with Crippen molar-refractivity contribution in [2.24, 2.45) is 0 Å². The minimum Gasteiger partial charge on any atom is -0.478 e. The number of carboxylic acids is 2. The van der Waals surface area contributed by atoms with Crippen molar-refractivity contribution in [2.75, 3.05) is 6.61 Å². The molecule has 0 bridgehead atoms. The molecule has 5 heteroatoms. The molecule has 0 amide bonds. The molecule has 0 fully saturated rings. The third kappa shape index (κ3) is 5.19. The van der Waals surface area contributed by atoms with Crippen LogP contribution in [0.3, 0.4) is 0 Å². The predicted molar refractivity (Wildman–Crippen MR) is 39.6 cm³/mol. The maximum Gasteiger partial charge on any atom is 0.328 e. The Morgan fingerprint density at radius 2 is 1.67 bits per heavy atom. The van der Waals surface area contributed by atoms with Gasteiger partial charge in [-0.2, -0.15) is 0 Å². The average molecular weight is 172 g/mol. The van der Waals surface area contributed by atoms with E-state index in [1.165, 1.54) is 0 Å². The lowest BCUT2D eigenvalue weighted by atomic mass is 10.2. The lowest BCUT2D eigenvalue weighted by Gasteiger charge is -1.91. The molecule has 0 heterocycles. The fraction of sp³-hybridized carbons (Fsp3) is 0.143. The van der Waals surface area contributed by atoms with Crippen LogP contribution < -0.4 is 0 Å². The monoisotopic (exact) mass is 172 g/mol. The molecule has 0 aromatic heterocycles. The molecule has 0 aliphatic carbocycles. The van der Waals surface area contributed by atoms with Gasteiger partial charge in [0.25, 0.3) is 0 Å². The summed E-state index contributed by atoms with van der Waals surface area (Å²) in [6.07, 6.45) is 2.51. The van der Waals surface area contributed by atoms with Gasteiger partial charge in [-0.05, 0) is 11.6 Å². The predicted octanol–water partition coefficient (Wildman–Crippen LogP) is -0.369. The number of aliphatic hydroxyl groups is 1. The van der Waals surface area contributed by atoms with Crippen molar-refractivity contribution < 1.29 is 24.9 Å². The Kier molecular flexibility index (Phi) is 4.40. The summed E-state index contributed by atoms with van der Waals surface area (Å²) in [6.45, 7) is -0.504. The first kappa shape index (κ1) is 10.4. The van der Waals surface area contributed by atoms with E-state index in [-0.39, 0.29) is 5.57 Å². The van der Waals surface area contributed by atoms with E-state index in [4.69, 9.17) is 15.3 Å². The van der Waals surface area contributed by atoms with Gasteiger partial charge in [-0.1, -0.05) is 0 Å². The van der Waals surface area contributed by atoms with Crippen LogP contribution >= 0.6 is 0 Å². The molecule has 0 aromatic rings. The number of aliphatic carboxylic acids is 2. The van der Waals surface area contributed by atoms with Gasteiger partial charge in [0.15, 0.2) is 0 Å². The summed E-state index contributed by atoms with van der Waals surface area (Å²) >= 11 is 0. The molecule has 0 saturated carbocycles. The van der Waals surface area contributed by atoms with Crippen LogP contribution in [0.1, 0.15) is 0 Å². The second-order valence-electron chi connectivity index (χ2n) is 1.89. The van der Waals surface area contributed by atoms with E-state index in [0.29, 0.717) is 0 Å². The Bertz CT molecular complexity index is 238. The largest absolute Gasteiger partial charge is 0.478 e. The van der Waals surface area contributed by atoms with Crippen LogP contribution in [0.5, 0.6) is 0 Å². The highest BCUT2D eigenvalue weighted by molar-refractivity contribution is 5.83. The summed E-state index contributed by atoms with van der Waals surface area (Å²) in [6, 6.07) is 0. The third-order valence-corrected chi connectivity index (χ3v) is 0.931. The number of aliphatic hydroxyl groups excluding tert-OH is 1. The Morgan fingerprint density at radius 3 is 2.00 bits per heavy atom. The summed E-state index contributed by atoms with van der Waals surface area (Å²) in [7, 11) is 0. The minimum atomic E-state index is -1.23. The molecule has 0 aliphatic heterocycles. The Hall–Kier alpha value is -1.62. The molecule has 0 atom stereocenters. The van der Waals surface area contributed by atoms with Gasteiger partial charge < -0.3 is 15.3 Å². The van der Waals surface area contributed by atoms with Gasteiger partial charge >= 0.3 is 11.9 Å². The molecule has 0 aromatic carbocycles. The molecule has 0 unspecified atom stereocenters. The maximum atomic E-state index is 10.0. The minimum absolute atomic E-state index is 0.0323. The van der Waals surface area contributed by atoms with Crippen LogP contribution in [0, 0.1) is 0 Å². The first-order valence-corrected chi connectivity index (χ1v) is 3.01. The summed E-state index contributed by atoms with van der Waals surface area (Å²) < 4.78 is 0. The van der Waals surface area contributed by atoms with Crippen molar-refractivity contribution in [1.82, 2.24) is 0 Å². The summed E-state index contributed by atoms with van der Waals surface area (Å²) in [5.74, 6) is -2.42. The molecular weight excluding hydrogens is 164 g/mol. The number of rotatable bonds is 4. The van der Waals surface area contributed by atoms with Gasteiger partial charge in [-0.15, -0.1) is 0 Å². The smallest absolute Gasteiger partial charge is 0.328 e. The fourth-order valence-corrected chi connectivity index (χ4v) is 0.483. The second-order valence-corrected chi connectivity index (χ2v) is 1.89. The quantitative estimate of drug-likeness (QED) is 0.397. The van der Waals surface area contributed by atoms with Gasteiger partial charge in [0.2, 0.25) is 0 Å². The van der Waals surface area contributed by atoms with Crippen molar-refractivity contribution >= 4 is 11.9 Å². The SMILES string of the molecule is O=C(O)/C=C(/C=C/C(=O)O)CO. The third-order valence-electron chi connectivity index (χ3n) is 0.931. The lowest BCUT2D eigenvalue weighted by Crippen LogP contribution is -1.95. The van der Waals surface area contributed by atoms with Gasteiger partial charge in [-0.3, -0.25) is 0 Å². The normalized spacial score (nSPS) is 11.9. The molecule has 0 radical (unpaired) electrons. The maximum absolute atomic E-state index is 10.0. The van der Waals surface area contributed by atoms with E-state index < -0.39 is 18.5 Å². The van der Waals surface area contributed by atoms with Crippen molar-refractivity contribution in [3.05, 3.63) is 23.8 Å². The number of hydrogen-bond donors (Lipinski definition) is 3. The van der Waals surface area contributed by atoms with Gasteiger partial charge in [-0.25, -0.2) is 9.59 Å². The van der Waals surface area contributed by atoms with E-state index >= 15 is 0 Å². The van der Waals surface area contributed by atoms with Gasteiger partial charge in [0, 0.05) is 12.2 Å². The van der Waals surface area contributed by atoms with E-state index in [9.17, 15) is 9.59 Å². The molecule has 0 aliphatic rings. The molecule has 3 N–H and O–H groups in total. The fourth-order valence-electron chi connectivity index (χ4n) is 0.483. The standard InChI is InChI=1S/C7H8O5/c8-4-5(3-7(11)12)1-2-6(9)10/h1-3,8H,4H2,(H,9,10)(H,11,12)/b2-1+,5-3-. The van der Waals surface area contributed by atoms with E-state index in [0.717, 1.165) is 18.2 Å². The summed E-state index contributed by atoms with van der Waals surface area (Å²) in [4.78, 5) is 20.0. The Morgan fingerprint density at radius 1 is 1.08 bits per heavy atom. The lowest BCUT2D eigenvalue weighted by molar-refractivity contribution is -0.132. The van der Waals surface area contributed by atoms with Gasteiger partial charge in [0.05, 0.1) is 6.61 Å². The summed E-state index contributed by atoms with van der Waals surface area (Å²) in [5, 5.41) is 24.9. The molecule has 5 nitrogen and oxygen atoms in total. The zero-order chi connectivity index (χ0) is 9.56. The highest BCUT2D eigenvalue weighted by Gasteiger charge is 1.95. The average Bonchev–Trinajstić information content (AvgIpc) is 1.97. The van der Waals surface area contributed by atoms with Crippen LogP contribution in [0.2, 0.25) is 0 Å². The molecule has 0 spiro atoms. The van der Waals surface area contributed by atoms with Crippen LogP contribution in [0.4, 0.5) is 0 Å². The molecule has 66 valence electrons. The van der Waals surface area contributed by atoms with Crippen molar-refractivity contribution in [1.29, 1.82) is 0 Å². The van der Waals surface area contributed by atoms with E-state index in [1.807, 2.05) is 0 Å². The highest BCUT2D eigenvalue weighted by Crippen LogP contribution is 1.94. The van der Waals surface area contributed by atoms with E-state index in [2.05, 4.69) is 0 Å². The topological polar surface area (TPSA) is 94.8 Å². The first-order valence-electron chi connectivity index (χ1n) is 3.01. The van der Waals surface area contributed by atoms with Crippen molar-refractivity contribution in [2.45, 2.75) is 0 Å². The molecule has 0 saturated heterocycles. The van der Waals surface area contributed by atoms with Gasteiger partial charge in [0.1, 0.15) is 0 Å². The first-order chi connectivity index (χ1) is 5.56. The summed E-state index contributed by atoms with van der Waals surface area (Å²) in [5.41, 5.74) is 0.0323. The Balaban J connectivity index is 4.37. The number of hydrogen-bond acceptors (Lipinski definition) is 3. The van der Waals surface area contributed by atoms with Crippen LogP contribution in [-0.2, 0) is 9.59 Å². The van der Waals surface area contributed by atoms with Crippen molar-refractivity contribution in [3.8, 4) is 0 Å². The number of carboxylic acid groups (broad SMARTS) is 2. The van der Waals surface area contributed by atoms with Crippen LogP contribution in [0.25, 0.3) is 0 Å². The molecule has 12 heavy (non-hydrogen) atoms. The zero-order valence-corrected chi connectivity index (χ0v) is 6.10. The van der Waals surface area contributed by atoms with Crippen molar-refractivity contribution in [3.63, 3.8) is 0 Å². The highest BCUT2D eigenvalue weighted by atomic mass is 16.4. The van der Waals surface area contributed by atoms with Crippen LogP contribution in [0.15, 0.2) is 23.8 Å². The Labute approximate surface area is 68.3 Å².